The number of carbonyl (C=O) groups is 1. The molecule has 2 aliphatic rings. The maximum absolute atomic E-state index is 13.9. The maximum atomic E-state index is 13.9. The summed E-state index contributed by atoms with van der Waals surface area (Å²) in [6.45, 7) is 2.76. The Bertz CT molecular complexity index is 797. The van der Waals surface area contributed by atoms with E-state index < -0.39 is 26.6 Å². The van der Waals surface area contributed by atoms with Crippen molar-refractivity contribution in [1.82, 2.24) is 14.1 Å². The lowest BCUT2D eigenvalue weighted by Crippen LogP contribution is -2.53. The van der Waals surface area contributed by atoms with Gasteiger partial charge in [0.05, 0.1) is 12.6 Å². The molecule has 150 valence electrons. The van der Waals surface area contributed by atoms with Gasteiger partial charge in [-0.1, -0.05) is 0 Å². The standard InChI is InChI=1S/C17H23F2N3O4S/c1-26-11-10-21-5-4-15(17(21)23)20-6-8-22(9-7-20)27(24,25)16-3-2-13(18)12-14(16)19/h2-3,12,15H,4-11H2,1H3. The number of benzene rings is 1. The number of nitrogens with zero attached hydrogens (tertiary/aromatic N) is 3. The van der Waals surface area contributed by atoms with Crippen LogP contribution in [0.4, 0.5) is 8.78 Å². The first-order valence-corrected chi connectivity index (χ1v) is 10.3. The van der Waals surface area contributed by atoms with Crippen LogP contribution in [0.1, 0.15) is 6.42 Å². The van der Waals surface area contributed by atoms with Crippen molar-refractivity contribution in [3.63, 3.8) is 0 Å². The average Bonchev–Trinajstić information content (AvgIpc) is 3.00. The predicted molar refractivity (Wildman–Crippen MR) is 93.6 cm³/mol. The summed E-state index contributed by atoms with van der Waals surface area (Å²) in [4.78, 5) is 15.7. The number of rotatable bonds is 6. The van der Waals surface area contributed by atoms with E-state index in [0.29, 0.717) is 45.3 Å². The van der Waals surface area contributed by atoms with Gasteiger partial charge in [0.1, 0.15) is 16.5 Å². The molecule has 1 unspecified atom stereocenters. The Morgan fingerprint density at radius 3 is 2.48 bits per heavy atom. The highest BCUT2D eigenvalue weighted by molar-refractivity contribution is 7.89. The fourth-order valence-corrected chi connectivity index (χ4v) is 5.03. The molecule has 0 bridgehead atoms. The van der Waals surface area contributed by atoms with E-state index in [1.165, 1.54) is 4.31 Å². The van der Waals surface area contributed by atoms with Crippen molar-refractivity contribution < 1.29 is 26.7 Å². The van der Waals surface area contributed by atoms with E-state index in [1.807, 2.05) is 4.90 Å². The zero-order valence-electron chi connectivity index (χ0n) is 15.1. The molecule has 0 aromatic heterocycles. The second-order valence-electron chi connectivity index (χ2n) is 6.64. The minimum atomic E-state index is -4.04. The molecule has 1 amide bonds. The zero-order chi connectivity index (χ0) is 19.6. The van der Waals surface area contributed by atoms with Gasteiger partial charge in [0.2, 0.25) is 15.9 Å². The molecule has 2 heterocycles. The number of ether oxygens (including phenoxy) is 1. The first-order valence-electron chi connectivity index (χ1n) is 8.81. The van der Waals surface area contributed by atoms with Crippen molar-refractivity contribution in [2.24, 2.45) is 0 Å². The van der Waals surface area contributed by atoms with Gasteiger partial charge in [-0.25, -0.2) is 17.2 Å². The summed E-state index contributed by atoms with van der Waals surface area (Å²) >= 11 is 0. The molecule has 1 atom stereocenters. The van der Waals surface area contributed by atoms with Crippen molar-refractivity contribution >= 4 is 15.9 Å². The largest absolute Gasteiger partial charge is 0.383 e. The third-order valence-electron chi connectivity index (χ3n) is 5.06. The van der Waals surface area contributed by atoms with E-state index in [0.717, 1.165) is 12.1 Å². The van der Waals surface area contributed by atoms with E-state index in [2.05, 4.69) is 0 Å². The van der Waals surface area contributed by atoms with E-state index in [1.54, 1.807) is 12.0 Å². The van der Waals surface area contributed by atoms with E-state index in [9.17, 15) is 22.0 Å². The van der Waals surface area contributed by atoms with Gasteiger partial charge in [0, 0.05) is 52.4 Å². The van der Waals surface area contributed by atoms with Gasteiger partial charge in [0.15, 0.2) is 0 Å². The summed E-state index contributed by atoms with van der Waals surface area (Å²) in [6, 6.07) is 2.18. The molecule has 2 saturated heterocycles. The molecule has 0 spiro atoms. The van der Waals surface area contributed by atoms with Gasteiger partial charge in [-0.15, -0.1) is 0 Å². The average molecular weight is 403 g/mol. The number of hydrogen-bond acceptors (Lipinski definition) is 5. The van der Waals surface area contributed by atoms with E-state index in [-0.39, 0.29) is 25.0 Å². The normalized spacial score (nSPS) is 22.6. The van der Waals surface area contributed by atoms with Crippen molar-refractivity contribution in [3.8, 4) is 0 Å². The lowest BCUT2D eigenvalue weighted by Gasteiger charge is -2.36. The lowest BCUT2D eigenvalue weighted by molar-refractivity contribution is -0.133. The maximum Gasteiger partial charge on any atom is 0.246 e. The molecule has 1 aromatic carbocycles. The van der Waals surface area contributed by atoms with Gasteiger partial charge in [0.25, 0.3) is 0 Å². The van der Waals surface area contributed by atoms with Gasteiger partial charge in [-0.05, 0) is 18.6 Å². The molecule has 0 saturated carbocycles. The number of hydrogen-bond donors (Lipinski definition) is 0. The second kappa shape index (κ2) is 8.17. The Morgan fingerprint density at radius 1 is 1.15 bits per heavy atom. The minimum absolute atomic E-state index is 0.0351. The number of carbonyl (C=O) groups excluding carboxylic acids is 1. The Kier molecular flexibility index (Phi) is 6.09. The lowest BCUT2D eigenvalue weighted by atomic mass is 10.2. The fraction of sp³-hybridized carbons (Fsp3) is 0.588. The SMILES string of the molecule is COCCN1CCC(N2CCN(S(=O)(=O)c3ccc(F)cc3F)CC2)C1=O. The minimum Gasteiger partial charge on any atom is -0.383 e. The van der Waals surface area contributed by atoms with Crippen LogP contribution in [0.25, 0.3) is 0 Å². The van der Waals surface area contributed by atoms with Crippen molar-refractivity contribution in [2.75, 3.05) is 53.0 Å². The Balaban J connectivity index is 1.63. The van der Waals surface area contributed by atoms with Crippen molar-refractivity contribution in [3.05, 3.63) is 29.8 Å². The topological polar surface area (TPSA) is 70.2 Å². The van der Waals surface area contributed by atoms with Crippen molar-refractivity contribution in [1.29, 1.82) is 0 Å². The Morgan fingerprint density at radius 2 is 1.85 bits per heavy atom. The summed E-state index contributed by atoms with van der Waals surface area (Å²) in [5, 5.41) is 0. The third-order valence-corrected chi connectivity index (χ3v) is 6.99. The predicted octanol–water partition coefficient (Wildman–Crippen LogP) is 0.518. The van der Waals surface area contributed by atoms with Gasteiger partial charge < -0.3 is 9.64 Å². The molecule has 2 aliphatic heterocycles. The first-order chi connectivity index (χ1) is 12.8. The van der Waals surface area contributed by atoms with Gasteiger partial charge >= 0.3 is 0 Å². The highest BCUT2D eigenvalue weighted by Gasteiger charge is 2.39. The molecule has 7 nitrogen and oxygen atoms in total. The van der Waals surface area contributed by atoms with Crippen LogP contribution >= 0.6 is 0 Å². The fourth-order valence-electron chi connectivity index (χ4n) is 3.56. The van der Waals surface area contributed by atoms with Gasteiger partial charge in [-0.3, -0.25) is 9.69 Å². The molecular weight excluding hydrogens is 380 g/mol. The number of methoxy groups -OCH3 is 1. The summed E-state index contributed by atoms with van der Waals surface area (Å²) < 4.78 is 58.4. The molecule has 27 heavy (non-hydrogen) atoms. The molecule has 0 radical (unpaired) electrons. The second-order valence-corrected chi connectivity index (χ2v) is 8.54. The van der Waals surface area contributed by atoms with Gasteiger partial charge in [-0.2, -0.15) is 4.31 Å². The Labute approximate surface area is 157 Å². The molecule has 0 aliphatic carbocycles. The first kappa shape index (κ1) is 20.1. The van der Waals surface area contributed by atoms with Crippen LogP contribution in [0.15, 0.2) is 23.1 Å². The molecule has 2 fully saturated rings. The summed E-state index contributed by atoms with van der Waals surface area (Å²) in [5.41, 5.74) is 0. The number of halogens is 2. The number of likely N-dealkylation sites (tertiary alicyclic amines) is 1. The van der Waals surface area contributed by atoms with Crippen LogP contribution in [0.5, 0.6) is 0 Å². The summed E-state index contributed by atoms with van der Waals surface area (Å²) in [5.74, 6) is -1.89. The number of piperazine rings is 1. The van der Waals surface area contributed by atoms with Crippen molar-refractivity contribution in [2.45, 2.75) is 17.4 Å². The van der Waals surface area contributed by atoms with Crippen LogP contribution in [0.3, 0.4) is 0 Å². The summed E-state index contributed by atoms with van der Waals surface area (Å²) in [7, 11) is -2.45. The highest BCUT2D eigenvalue weighted by atomic mass is 32.2. The van der Waals surface area contributed by atoms with Crippen LogP contribution in [-0.4, -0.2) is 87.5 Å². The zero-order valence-corrected chi connectivity index (χ0v) is 15.9. The van der Waals surface area contributed by atoms with Crippen LogP contribution in [0.2, 0.25) is 0 Å². The molecule has 1 aromatic rings. The number of amides is 1. The Hall–Kier alpha value is -1.62. The van der Waals surface area contributed by atoms with Crippen LogP contribution in [-0.2, 0) is 19.6 Å². The third kappa shape index (κ3) is 4.13. The van der Waals surface area contributed by atoms with Crippen LogP contribution < -0.4 is 0 Å². The smallest absolute Gasteiger partial charge is 0.246 e. The number of sulfonamides is 1. The summed E-state index contributed by atoms with van der Waals surface area (Å²) in [6.07, 6.45) is 0.696. The monoisotopic (exact) mass is 403 g/mol. The molecule has 10 heteroatoms. The van der Waals surface area contributed by atoms with Crippen LogP contribution in [0, 0.1) is 11.6 Å². The van der Waals surface area contributed by atoms with E-state index >= 15 is 0 Å². The molecule has 3 rings (SSSR count). The molecule has 0 N–H and O–H groups in total. The molecular formula is C17H23F2N3O4S. The van der Waals surface area contributed by atoms with E-state index in [4.69, 9.17) is 4.74 Å². The quantitative estimate of drug-likeness (QED) is 0.693. The highest BCUT2D eigenvalue weighted by Crippen LogP contribution is 2.24.